The van der Waals surface area contributed by atoms with Gasteiger partial charge in [0, 0.05) is 17.2 Å². The molecule has 3 rings (SSSR count). The number of hydrogen-bond acceptors (Lipinski definition) is 3. The quantitative estimate of drug-likeness (QED) is 0.740. The molecule has 3 aromatic rings. The highest BCUT2D eigenvalue weighted by atomic mass is 16.2. The lowest BCUT2D eigenvalue weighted by atomic mass is 9.95. The van der Waals surface area contributed by atoms with Crippen molar-refractivity contribution in [3.8, 4) is 22.4 Å². The molecule has 0 aliphatic heterocycles. The van der Waals surface area contributed by atoms with Crippen LogP contribution in [-0.4, -0.2) is 22.1 Å². The average Bonchev–Trinajstić information content (AvgIpc) is 2.68. The van der Waals surface area contributed by atoms with Gasteiger partial charge in [-0.15, -0.1) is 0 Å². The van der Waals surface area contributed by atoms with E-state index in [0.717, 1.165) is 17.5 Å². The van der Waals surface area contributed by atoms with Crippen molar-refractivity contribution >= 4 is 5.91 Å². The zero-order chi connectivity index (χ0) is 18.5. The van der Waals surface area contributed by atoms with Crippen molar-refractivity contribution in [3.63, 3.8) is 0 Å². The van der Waals surface area contributed by atoms with Crippen molar-refractivity contribution in [1.82, 2.24) is 15.5 Å². The van der Waals surface area contributed by atoms with Crippen LogP contribution < -0.4 is 10.9 Å². The molecule has 1 aromatic heterocycles. The Morgan fingerprint density at radius 2 is 1.62 bits per heavy atom. The topological polar surface area (TPSA) is 74.8 Å². The van der Waals surface area contributed by atoms with Crippen LogP contribution in [0.15, 0.2) is 65.5 Å². The van der Waals surface area contributed by atoms with E-state index in [1.807, 2.05) is 74.5 Å². The van der Waals surface area contributed by atoms with Crippen molar-refractivity contribution in [1.29, 1.82) is 0 Å². The van der Waals surface area contributed by atoms with Crippen LogP contribution in [0.25, 0.3) is 22.4 Å². The second-order valence-electron chi connectivity index (χ2n) is 6.17. The van der Waals surface area contributed by atoms with Gasteiger partial charge in [-0.05, 0) is 18.9 Å². The SMILES string of the molecule is CC[C@@H](C)NC(=O)c1c(-c2ccccc2)c(-c2ccccc2)n[nH]c1=O. The van der Waals surface area contributed by atoms with Gasteiger partial charge < -0.3 is 5.32 Å². The van der Waals surface area contributed by atoms with E-state index < -0.39 is 5.56 Å². The summed E-state index contributed by atoms with van der Waals surface area (Å²) in [7, 11) is 0. The predicted molar refractivity (Wildman–Crippen MR) is 103 cm³/mol. The molecule has 0 saturated heterocycles. The third kappa shape index (κ3) is 3.57. The van der Waals surface area contributed by atoms with E-state index in [0.29, 0.717) is 11.3 Å². The summed E-state index contributed by atoms with van der Waals surface area (Å²) in [6.45, 7) is 3.89. The van der Waals surface area contributed by atoms with Crippen LogP contribution in [0.3, 0.4) is 0 Å². The number of rotatable bonds is 5. The van der Waals surface area contributed by atoms with Gasteiger partial charge in [0.15, 0.2) is 0 Å². The molecule has 5 nitrogen and oxygen atoms in total. The van der Waals surface area contributed by atoms with Crippen LogP contribution in [0.5, 0.6) is 0 Å². The van der Waals surface area contributed by atoms with Crippen LogP contribution in [-0.2, 0) is 0 Å². The molecule has 0 bridgehead atoms. The number of aromatic nitrogens is 2. The predicted octanol–water partition coefficient (Wildman–Crippen LogP) is 3.63. The van der Waals surface area contributed by atoms with Gasteiger partial charge in [0.2, 0.25) is 0 Å². The summed E-state index contributed by atoms with van der Waals surface area (Å²) < 4.78 is 0. The van der Waals surface area contributed by atoms with Gasteiger partial charge in [0.1, 0.15) is 5.56 Å². The van der Waals surface area contributed by atoms with Crippen LogP contribution in [0.2, 0.25) is 0 Å². The molecular formula is C21H21N3O2. The molecule has 2 aromatic carbocycles. The van der Waals surface area contributed by atoms with E-state index >= 15 is 0 Å². The van der Waals surface area contributed by atoms with E-state index in [4.69, 9.17) is 0 Å². The Balaban J connectivity index is 2.26. The Morgan fingerprint density at radius 3 is 2.19 bits per heavy atom. The van der Waals surface area contributed by atoms with Gasteiger partial charge in [-0.3, -0.25) is 9.59 Å². The number of hydrogen-bond donors (Lipinski definition) is 2. The highest BCUT2D eigenvalue weighted by Crippen LogP contribution is 2.31. The third-order valence-corrected chi connectivity index (χ3v) is 4.31. The third-order valence-electron chi connectivity index (χ3n) is 4.31. The van der Waals surface area contributed by atoms with Crippen LogP contribution in [0, 0.1) is 0 Å². The Hall–Kier alpha value is -3.21. The second kappa shape index (κ2) is 7.78. The summed E-state index contributed by atoms with van der Waals surface area (Å²) >= 11 is 0. The van der Waals surface area contributed by atoms with Crippen molar-refractivity contribution < 1.29 is 4.79 Å². The lowest BCUT2D eigenvalue weighted by Gasteiger charge is -2.16. The maximum absolute atomic E-state index is 12.9. The summed E-state index contributed by atoms with van der Waals surface area (Å²) in [6.07, 6.45) is 0.779. The Morgan fingerprint density at radius 1 is 1.04 bits per heavy atom. The number of aromatic amines is 1. The van der Waals surface area contributed by atoms with E-state index in [9.17, 15) is 9.59 Å². The smallest absolute Gasteiger partial charge is 0.277 e. The fraction of sp³-hybridized carbons (Fsp3) is 0.190. The van der Waals surface area contributed by atoms with Crippen molar-refractivity contribution in [3.05, 3.63) is 76.6 Å². The lowest BCUT2D eigenvalue weighted by molar-refractivity contribution is 0.0938. The molecular weight excluding hydrogens is 326 g/mol. The molecule has 1 heterocycles. The first kappa shape index (κ1) is 17.6. The van der Waals surface area contributed by atoms with E-state index in [1.54, 1.807) is 0 Å². The first-order chi connectivity index (χ1) is 12.6. The van der Waals surface area contributed by atoms with Gasteiger partial charge >= 0.3 is 0 Å². The zero-order valence-electron chi connectivity index (χ0n) is 14.8. The minimum Gasteiger partial charge on any atom is -0.349 e. The first-order valence-electron chi connectivity index (χ1n) is 8.66. The van der Waals surface area contributed by atoms with E-state index in [-0.39, 0.29) is 17.5 Å². The molecule has 0 spiro atoms. The highest BCUT2D eigenvalue weighted by molar-refractivity contribution is 6.03. The molecule has 0 saturated carbocycles. The fourth-order valence-electron chi connectivity index (χ4n) is 2.76. The number of nitrogens with one attached hydrogen (secondary N) is 2. The summed E-state index contributed by atoms with van der Waals surface area (Å²) in [5.74, 6) is -0.390. The highest BCUT2D eigenvalue weighted by Gasteiger charge is 2.23. The number of H-pyrrole nitrogens is 1. The van der Waals surface area contributed by atoms with Crippen LogP contribution >= 0.6 is 0 Å². The molecule has 0 aliphatic rings. The molecule has 0 radical (unpaired) electrons. The summed E-state index contributed by atoms with van der Waals surface area (Å²) in [4.78, 5) is 25.4. The van der Waals surface area contributed by atoms with Gasteiger partial charge in [-0.25, -0.2) is 5.10 Å². The number of carbonyl (C=O) groups excluding carboxylic acids is 1. The molecule has 26 heavy (non-hydrogen) atoms. The van der Waals surface area contributed by atoms with Gasteiger partial charge in [0.25, 0.3) is 11.5 Å². The molecule has 0 fully saturated rings. The lowest BCUT2D eigenvalue weighted by Crippen LogP contribution is -2.36. The summed E-state index contributed by atoms with van der Waals surface area (Å²) in [5, 5.41) is 9.62. The first-order valence-corrected chi connectivity index (χ1v) is 8.66. The molecule has 2 N–H and O–H groups in total. The standard InChI is InChI=1S/C21H21N3O2/c1-3-14(2)22-20(25)18-17(15-10-6-4-7-11-15)19(23-24-21(18)26)16-12-8-5-9-13-16/h4-14H,3H2,1-2H3,(H,22,25)(H,24,26)/t14-/m1/s1. The van der Waals surface area contributed by atoms with Gasteiger partial charge in [-0.2, -0.15) is 5.10 Å². The monoisotopic (exact) mass is 347 g/mol. The summed E-state index contributed by atoms with van der Waals surface area (Å²) in [6, 6.07) is 18.9. The van der Waals surface area contributed by atoms with E-state index in [2.05, 4.69) is 15.5 Å². The fourth-order valence-corrected chi connectivity index (χ4v) is 2.76. The average molecular weight is 347 g/mol. The Labute approximate surface area is 152 Å². The zero-order valence-corrected chi connectivity index (χ0v) is 14.8. The molecule has 0 unspecified atom stereocenters. The number of nitrogens with zero attached hydrogens (tertiary/aromatic N) is 1. The van der Waals surface area contributed by atoms with Gasteiger partial charge in [0.05, 0.1) is 5.69 Å². The number of benzene rings is 2. The van der Waals surface area contributed by atoms with Crippen molar-refractivity contribution in [2.24, 2.45) is 0 Å². The minimum atomic E-state index is -0.496. The summed E-state index contributed by atoms with van der Waals surface area (Å²) in [5.41, 5.74) is 2.32. The minimum absolute atomic E-state index is 0.0288. The number of carbonyl (C=O) groups is 1. The van der Waals surface area contributed by atoms with Crippen LogP contribution in [0.1, 0.15) is 30.6 Å². The normalized spacial score (nSPS) is 11.8. The van der Waals surface area contributed by atoms with Crippen LogP contribution in [0.4, 0.5) is 0 Å². The van der Waals surface area contributed by atoms with Gasteiger partial charge in [-0.1, -0.05) is 67.6 Å². The van der Waals surface area contributed by atoms with Crippen molar-refractivity contribution in [2.45, 2.75) is 26.3 Å². The maximum Gasteiger partial charge on any atom is 0.277 e. The Bertz CT molecular complexity index is 950. The second-order valence-corrected chi connectivity index (χ2v) is 6.17. The Kier molecular flexibility index (Phi) is 5.27. The molecule has 1 atom stereocenters. The van der Waals surface area contributed by atoms with E-state index in [1.165, 1.54) is 0 Å². The number of amides is 1. The largest absolute Gasteiger partial charge is 0.349 e. The molecule has 132 valence electrons. The molecule has 5 heteroatoms. The van der Waals surface area contributed by atoms with Crippen molar-refractivity contribution in [2.75, 3.05) is 0 Å². The molecule has 1 amide bonds. The maximum atomic E-state index is 12.9. The molecule has 0 aliphatic carbocycles.